The summed E-state index contributed by atoms with van der Waals surface area (Å²) in [5, 5.41) is 2.97. The molecule has 1 N–H and O–H groups in total. The zero-order chi connectivity index (χ0) is 18.4. The Balaban J connectivity index is 2.01. The molecule has 1 aromatic carbocycles. The molecule has 0 radical (unpaired) electrons. The number of nitrogens with one attached hydrogen (secondary N) is 1. The van der Waals surface area contributed by atoms with Crippen molar-refractivity contribution in [1.29, 1.82) is 0 Å². The van der Waals surface area contributed by atoms with Crippen molar-refractivity contribution in [3.05, 3.63) is 63.1 Å². The lowest BCUT2D eigenvalue weighted by molar-refractivity contribution is 0.102. The standard InChI is InChI=1S/C21H26N2O2/c1-13-12-14(2)23(15-10-11-15)20(25)18(13)19(24)22-17-9-7-6-8-16(17)21(3,4)5/h6-9,12,15H,10-11H2,1-5H3,(H,22,24). The van der Waals surface area contributed by atoms with E-state index in [0.29, 0.717) is 0 Å². The third kappa shape index (κ3) is 3.39. The van der Waals surface area contributed by atoms with Crippen LogP contribution in [0.3, 0.4) is 0 Å². The van der Waals surface area contributed by atoms with Gasteiger partial charge in [-0.05, 0) is 55.4 Å². The smallest absolute Gasteiger partial charge is 0.264 e. The van der Waals surface area contributed by atoms with Gasteiger partial charge in [0.25, 0.3) is 11.5 Å². The Kier molecular flexibility index (Phi) is 4.31. The van der Waals surface area contributed by atoms with Gasteiger partial charge >= 0.3 is 0 Å². The molecule has 0 saturated heterocycles. The SMILES string of the molecule is Cc1cc(C)n(C2CC2)c(=O)c1C(=O)Nc1ccccc1C(C)(C)C. The maximum Gasteiger partial charge on any atom is 0.264 e. The highest BCUT2D eigenvalue weighted by Crippen LogP contribution is 2.35. The van der Waals surface area contributed by atoms with Crippen LogP contribution in [0.4, 0.5) is 5.69 Å². The predicted molar refractivity (Wildman–Crippen MR) is 102 cm³/mol. The Morgan fingerprint density at radius 2 is 1.80 bits per heavy atom. The van der Waals surface area contributed by atoms with E-state index in [2.05, 4.69) is 26.1 Å². The molecule has 0 atom stereocenters. The van der Waals surface area contributed by atoms with Crippen LogP contribution in [0, 0.1) is 13.8 Å². The van der Waals surface area contributed by atoms with Crippen molar-refractivity contribution in [1.82, 2.24) is 4.57 Å². The summed E-state index contributed by atoms with van der Waals surface area (Å²) in [5.41, 5.74) is 3.45. The van der Waals surface area contributed by atoms with Gasteiger partial charge in [-0.25, -0.2) is 0 Å². The molecular formula is C21H26N2O2. The Morgan fingerprint density at radius 1 is 1.16 bits per heavy atom. The van der Waals surface area contributed by atoms with E-state index in [4.69, 9.17) is 0 Å². The highest BCUT2D eigenvalue weighted by molar-refractivity contribution is 6.05. The first-order valence-corrected chi connectivity index (χ1v) is 8.83. The van der Waals surface area contributed by atoms with Crippen LogP contribution in [0.1, 0.15) is 66.8 Å². The van der Waals surface area contributed by atoms with Crippen LogP contribution < -0.4 is 10.9 Å². The second-order valence-corrected chi connectivity index (χ2v) is 8.00. The van der Waals surface area contributed by atoms with E-state index < -0.39 is 0 Å². The molecule has 1 amide bonds. The summed E-state index contributed by atoms with van der Waals surface area (Å²) < 4.78 is 1.78. The molecule has 1 aliphatic rings. The topological polar surface area (TPSA) is 51.1 Å². The molecule has 132 valence electrons. The van der Waals surface area contributed by atoms with Gasteiger partial charge in [0.1, 0.15) is 5.56 Å². The highest BCUT2D eigenvalue weighted by Gasteiger charge is 2.29. The number of hydrogen-bond acceptors (Lipinski definition) is 2. The fourth-order valence-electron chi connectivity index (χ4n) is 3.40. The van der Waals surface area contributed by atoms with Crippen LogP contribution in [0.25, 0.3) is 0 Å². The first-order chi connectivity index (χ1) is 11.7. The molecule has 0 unspecified atom stereocenters. The lowest BCUT2D eigenvalue weighted by Gasteiger charge is -2.23. The molecule has 4 nitrogen and oxygen atoms in total. The summed E-state index contributed by atoms with van der Waals surface area (Å²) in [6.07, 6.45) is 2.02. The average Bonchev–Trinajstić information content (AvgIpc) is 3.30. The van der Waals surface area contributed by atoms with E-state index in [9.17, 15) is 9.59 Å². The lowest BCUT2D eigenvalue weighted by Crippen LogP contribution is -2.32. The summed E-state index contributed by atoms with van der Waals surface area (Å²) in [6, 6.07) is 9.95. The van der Waals surface area contributed by atoms with Gasteiger partial charge in [-0.15, -0.1) is 0 Å². The number of rotatable bonds is 3. The summed E-state index contributed by atoms with van der Waals surface area (Å²) >= 11 is 0. The van der Waals surface area contributed by atoms with Crippen molar-refractivity contribution in [2.45, 2.75) is 58.9 Å². The van der Waals surface area contributed by atoms with E-state index in [1.54, 1.807) is 4.57 Å². The molecule has 1 saturated carbocycles. The maximum absolute atomic E-state index is 12.9. The number of benzene rings is 1. The molecule has 1 aromatic heterocycles. The highest BCUT2D eigenvalue weighted by atomic mass is 16.2. The molecule has 0 aliphatic heterocycles. The number of nitrogens with zero attached hydrogens (tertiary/aromatic N) is 1. The normalized spacial score (nSPS) is 14.4. The molecule has 1 fully saturated rings. The Morgan fingerprint density at radius 3 is 2.40 bits per heavy atom. The minimum atomic E-state index is -0.325. The number of amides is 1. The molecule has 0 spiro atoms. The summed E-state index contributed by atoms with van der Waals surface area (Å²) in [6.45, 7) is 10.1. The fraction of sp³-hybridized carbons (Fsp3) is 0.429. The number of carbonyl (C=O) groups excluding carboxylic acids is 1. The molecule has 25 heavy (non-hydrogen) atoms. The Hall–Kier alpha value is -2.36. The second-order valence-electron chi connectivity index (χ2n) is 8.00. The molecule has 1 aliphatic carbocycles. The Bertz CT molecular complexity index is 884. The monoisotopic (exact) mass is 338 g/mol. The zero-order valence-electron chi connectivity index (χ0n) is 15.6. The Labute approximate surface area is 148 Å². The third-order valence-corrected chi connectivity index (χ3v) is 4.75. The quantitative estimate of drug-likeness (QED) is 0.904. The summed E-state index contributed by atoms with van der Waals surface area (Å²) in [5.74, 6) is -0.325. The second kappa shape index (κ2) is 6.17. The molecule has 1 heterocycles. The van der Waals surface area contributed by atoms with Crippen molar-refractivity contribution in [2.75, 3.05) is 5.32 Å². The predicted octanol–water partition coefficient (Wildman–Crippen LogP) is 4.35. The number of hydrogen-bond donors (Lipinski definition) is 1. The number of pyridine rings is 1. The molecule has 2 aromatic rings. The van der Waals surface area contributed by atoms with Gasteiger partial charge in [-0.3, -0.25) is 9.59 Å². The average molecular weight is 338 g/mol. The number of aromatic nitrogens is 1. The van der Waals surface area contributed by atoms with Crippen molar-refractivity contribution in [3.8, 4) is 0 Å². The van der Waals surface area contributed by atoms with Crippen molar-refractivity contribution in [2.24, 2.45) is 0 Å². The fourth-order valence-corrected chi connectivity index (χ4v) is 3.40. The van der Waals surface area contributed by atoms with Gasteiger partial charge in [0.05, 0.1) is 0 Å². The van der Waals surface area contributed by atoms with Gasteiger partial charge < -0.3 is 9.88 Å². The van der Waals surface area contributed by atoms with E-state index >= 15 is 0 Å². The minimum absolute atomic E-state index is 0.0968. The van der Waals surface area contributed by atoms with Crippen LogP contribution in [-0.2, 0) is 5.41 Å². The van der Waals surface area contributed by atoms with E-state index in [1.165, 1.54) is 0 Å². The number of anilines is 1. The minimum Gasteiger partial charge on any atom is -0.322 e. The van der Waals surface area contributed by atoms with Crippen molar-refractivity contribution < 1.29 is 4.79 Å². The van der Waals surface area contributed by atoms with Gasteiger partial charge in [-0.2, -0.15) is 0 Å². The van der Waals surface area contributed by atoms with Crippen LogP contribution in [0.2, 0.25) is 0 Å². The maximum atomic E-state index is 12.9. The van der Waals surface area contributed by atoms with Crippen LogP contribution in [0.5, 0.6) is 0 Å². The van der Waals surface area contributed by atoms with Crippen molar-refractivity contribution in [3.63, 3.8) is 0 Å². The number of carbonyl (C=O) groups is 1. The van der Waals surface area contributed by atoms with Gasteiger partial charge in [0, 0.05) is 17.4 Å². The van der Waals surface area contributed by atoms with Crippen LogP contribution >= 0.6 is 0 Å². The number of aryl methyl sites for hydroxylation is 2. The number of para-hydroxylation sites is 1. The van der Waals surface area contributed by atoms with Gasteiger partial charge in [0.2, 0.25) is 0 Å². The van der Waals surface area contributed by atoms with Crippen LogP contribution in [-0.4, -0.2) is 10.5 Å². The van der Waals surface area contributed by atoms with Gasteiger partial charge in [0.15, 0.2) is 0 Å². The van der Waals surface area contributed by atoms with Crippen molar-refractivity contribution >= 4 is 11.6 Å². The third-order valence-electron chi connectivity index (χ3n) is 4.75. The molecule has 4 heteroatoms. The van der Waals surface area contributed by atoms with Gasteiger partial charge in [-0.1, -0.05) is 39.0 Å². The van der Waals surface area contributed by atoms with E-state index in [1.807, 2.05) is 44.2 Å². The zero-order valence-corrected chi connectivity index (χ0v) is 15.6. The first-order valence-electron chi connectivity index (χ1n) is 8.83. The first kappa shape index (κ1) is 17.5. The lowest BCUT2D eigenvalue weighted by atomic mass is 9.86. The molecule has 0 bridgehead atoms. The van der Waals surface area contributed by atoms with Crippen LogP contribution in [0.15, 0.2) is 35.1 Å². The van der Waals surface area contributed by atoms with E-state index in [0.717, 1.165) is 35.3 Å². The summed E-state index contributed by atoms with van der Waals surface area (Å²) in [4.78, 5) is 25.8. The summed E-state index contributed by atoms with van der Waals surface area (Å²) in [7, 11) is 0. The largest absolute Gasteiger partial charge is 0.322 e. The van der Waals surface area contributed by atoms with E-state index in [-0.39, 0.29) is 28.5 Å². The molecular weight excluding hydrogens is 312 g/mol. The molecule has 3 rings (SSSR count).